The summed E-state index contributed by atoms with van der Waals surface area (Å²) >= 11 is 2.07. The van der Waals surface area contributed by atoms with Gasteiger partial charge in [0.25, 0.3) is 5.69 Å². The maximum absolute atomic E-state index is 12.1. The molecule has 2 rings (SSSR count). The molecule has 1 aromatic rings. The number of piperidine rings is 1. The number of benzene rings is 1. The molecule has 7 heteroatoms. The number of rotatable bonds is 5. The summed E-state index contributed by atoms with van der Waals surface area (Å²) in [5, 5.41) is 14.4. The number of nitro benzene ring substituents is 1. The Morgan fingerprint density at radius 3 is 2.65 bits per heavy atom. The summed E-state index contributed by atoms with van der Waals surface area (Å²) in [6.07, 6.45) is 2.21. The Morgan fingerprint density at radius 2 is 2.09 bits per heavy atom. The molecule has 1 aromatic carbocycles. The van der Waals surface area contributed by atoms with E-state index in [1.165, 1.54) is 0 Å². The fourth-order valence-corrected chi connectivity index (χ4v) is 3.22. The van der Waals surface area contributed by atoms with E-state index in [2.05, 4.69) is 27.9 Å². The van der Waals surface area contributed by atoms with Crippen LogP contribution in [0.15, 0.2) is 18.2 Å². The number of hydrogen-bond acceptors (Lipinski definition) is 4. The minimum atomic E-state index is -0.355. The van der Waals surface area contributed by atoms with Crippen LogP contribution >= 0.6 is 22.6 Å². The molecule has 1 saturated heterocycles. The van der Waals surface area contributed by atoms with Gasteiger partial charge in [0, 0.05) is 35.2 Å². The van der Waals surface area contributed by atoms with Crippen LogP contribution in [0.25, 0.3) is 0 Å². The molecule has 0 bridgehead atoms. The fraction of sp³-hybridized carbons (Fsp3) is 0.562. The second-order valence-electron chi connectivity index (χ2n) is 6.32. The second kappa shape index (κ2) is 7.94. The number of carbonyl (C=O) groups is 1. The minimum absolute atomic E-state index is 0.107. The monoisotopic (exact) mass is 431 g/mol. The third-order valence-corrected chi connectivity index (χ3v) is 4.62. The topological polar surface area (TPSA) is 75.5 Å². The smallest absolute Gasteiger partial charge is 0.293 e. The van der Waals surface area contributed by atoms with Gasteiger partial charge in [-0.3, -0.25) is 14.9 Å². The van der Waals surface area contributed by atoms with Crippen molar-refractivity contribution in [1.82, 2.24) is 4.90 Å². The number of nitrogens with zero attached hydrogens (tertiary/aromatic N) is 2. The molecule has 1 N–H and O–H groups in total. The third kappa shape index (κ3) is 5.05. The maximum atomic E-state index is 12.1. The molecule has 1 heterocycles. The second-order valence-corrected chi connectivity index (χ2v) is 7.56. The SMILES string of the molecule is CC(C)CC(=O)N1CCC(Nc2ccc(I)cc2[N+](=O)[O-])CC1. The first-order valence-corrected chi connectivity index (χ1v) is 8.93. The van der Waals surface area contributed by atoms with Crippen LogP contribution in [0.1, 0.15) is 33.1 Å². The van der Waals surface area contributed by atoms with Gasteiger partial charge in [-0.15, -0.1) is 0 Å². The highest BCUT2D eigenvalue weighted by molar-refractivity contribution is 14.1. The Hall–Kier alpha value is -1.38. The number of amides is 1. The molecule has 0 aliphatic carbocycles. The van der Waals surface area contributed by atoms with Crippen LogP contribution < -0.4 is 5.32 Å². The van der Waals surface area contributed by atoms with Gasteiger partial charge in [0.2, 0.25) is 5.91 Å². The molecule has 0 unspecified atom stereocenters. The summed E-state index contributed by atoms with van der Waals surface area (Å²) in [7, 11) is 0. The van der Waals surface area contributed by atoms with Crippen LogP contribution in [-0.4, -0.2) is 34.9 Å². The standard InChI is InChI=1S/C16H22IN3O3/c1-11(2)9-16(21)19-7-5-13(6-8-19)18-14-4-3-12(17)10-15(14)20(22)23/h3-4,10-11,13,18H,5-9H2,1-2H3. The molecule has 23 heavy (non-hydrogen) atoms. The number of hydrogen-bond donors (Lipinski definition) is 1. The van der Waals surface area contributed by atoms with Crippen molar-refractivity contribution >= 4 is 39.9 Å². The molecular formula is C16H22IN3O3. The Balaban J connectivity index is 1.94. The van der Waals surface area contributed by atoms with Gasteiger partial charge in [-0.05, 0) is 53.5 Å². The van der Waals surface area contributed by atoms with Gasteiger partial charge in [-0.25, -0.2) is 0 Å². The summed E-state index contributed by atoms with van der Waals surface area (Å²) in [4.78, 5) is 24.8. The van der Waals surface area contributed by atoms with Crippen molar-refractivity contribution in [3.63, 3.8) is 0 Å². The quantitative estimate of drug-likeness (QED) is 0.439. The number of likely N-dealkylation sites (tertiary alicyclic amines) is 1. The van der Waals surface area contributed by atoms with E-state index in [0.29, 0.717) is 31.1 Å². The first-order valence-electron chi connectivity index (χ1n) is 7.85. The molecule has 0 atom stereocenters. The Morgan fingerprint density at radius 1 is 1.43 bits per heavy atom. The molecule has 0 saturated carbocycles. The number of nitrogens with one attached hydrogen (secondary N) is 1. The lowest BCUT2D eigenvalue weighted by Gasteiger charge is -2.33. The number of carbonyl (C=O) groups excluding carboxylic acids is 1. The van der Waals surface area contributed by atoms with Crippen molar-refractivity contribution in [1.29, 1.82) is 0 Å². The molecule has 6 nitrogen and oxygen atoms in total. The lowest BCUT2D eigenvalue weighted by Crippen LogP contribution is -2.42. The highest BCUT2D eigenvalue weighted by atomic mass is 127. The van der Waals surface area contributed by atoms with Crippen LogP contribution in [0, 0.1) is 19.6 Å². The first-order chi connectivity index (χ1) is 10.9. The van der Waals surface area contributed by atoms with Gasteiger partial charge < -0.3 is 10.2 Å². The largest absolute Gasteiger partial charge is 0.377 e. The van der Waals surface area contributed by atoms with E-state index in [1.807, 2.05) is 24.8 Å². The van der Waals surface area contributed by atoms with E-state index in [1.54, 1.807) is 12.1 Å². The van der Waals surface area contributed by atoms with Crippen molar-refractivity contribution in [2.45, 2.75) is 39.2 Å². The molecule has 126 valence electrons. The number of halogens is 1. The van der Waals surface area contributed by atoms with Crippen molar-refractivity contribution in [3.05, 3.63) is 31.9 Å². The van der Waals surface area contributed by atoms with E-state index in [-0.39, 0.29) is 22.6 Å². The highest BCUT2D eigenvalue weighted by Gasteiger charge is 2.24. The normalized spacial score (nSPS) is 15.7. The summed E-state index contributed by atoms with van der Waals surface area (Å²) in [6, 6.07) is 5.36. The lowest BCUT2D eigenvalue weighted by atomic mass is 10.0. The van der Waals surface area contributed by atoms with Crippen LogP contribution in [0.3, 0.4) is 0 Å². The third-order valence-electron chi connectivity index (χ3n) is 3.95. The summed E-state index contributed by atoms with van der Waals surface area (Å²) in [6.45, 7) is 5.51. The fourth-order valence-electron chi connectivity index (χ4n) is 2.75. The van der Waals surface area contributed by atoms with Crippen molar-refractivity contribution in [2.75, 3.05) is 18.4 Å². The zero-order valence-corrected chi connectivity index (χ0v) is 15.6. The lowest BCUT2D eigenvalue weighted by molar-refractivity contribution is -0.384. The molecule has 1 aliphatic rings. The zero-order chi connectivity index (χ0) is 17.0. The predicted molar refractivity (Wildman–Crippen MR) is 98.5 cm³/mol. The summed E-state index contributed by atoms with van der Waals surface area (Å²) < 4.78 is 0.842. The maximum Gasteiger partial charge on any atom is 0.293 e. The Kier molecular flexibility index (Phi) is 6.20. The van der Waals surface area contributed by atoms with E-state index in [4.69, 9.17) is 0 Å². The van der Waals surface area contributed by atoms with Crippen molar-refractivity contribution in [3.8, 4) is 0 Å². The van der Waals surface area contributed by atoms with Gasteiger partial charge in [0.15, 0.2) is 0 Å². The van der Waals surface area contributed by atoms with Gasteiger partial charge >= 0.3 is 0 Å². The molecule has 0 spiro atoms. The van der Waals surface area contributed by atoms with Gasteiger partial charge in [0.1, 0.15) is 5.69 Å². The van der Waals surface area contributed by atoms with E-state index < -0.39 is 0 Å². The summed E-state index contributed by atoms with van der Waals surface area (Å²) in [5.41, 5.74) is 0.664. The predicted octanol–water partition coefficient (Wildman–Crippen LogP) is 3.65. The van der Waals surface area contributed by atoms with Gasteiger partial charge in [-0.1, -0.05) is 13.8 Å². The van der Waals surface area contributed by atoms with Gasteiger partial charge in [0.05, 0.1) is 4.92 Å². The van der Waals surface area contributed by atoms with Crippen molar-refractivity contribution in [2.24, 2.45) is 5.92 Å². The van der Waals surface area contributed by atoms with E-state index >= 15 is 0 Å². The summed E-state index contributed by atoms with van der Waals surface area (Å²) in [5.74, 6) is 0.575. The number of nitro groups is 1. The molecule has 0 radical (unpaired) electrons. The molecule has 0 aromatic heterocycles. The van der Waals surface area contributed by atoms with E-state index in [0.717, 1.165) is 16.4 Å². The van der Waals surface area contributed by atoms with Crippen LogP contribution in [0.5, 0.6) is 0 Å². The average Bonchev–Trinajstić information content (AvgIpc) is 2.49. The number of anilines is 1. The van der Waals surface area contributed by atoms with Gasteiger partial charge in [-0.2, -0.15) is 0 Å². The van der Waals surface area contributed by atoms with Crippen LogP contribution in [-0.2, 0) is 4.79 Å². The molecule has 1 aliphatic heterocycles. The van der Waals surface area contributed by atoms with Crippen LogP contribution in [0.2, 0.25) is 0 Å². The van der Waals surface area contributed by atoms with E-state index in [9.17, 15) is 14.9 Å². The highest BCUT2D eigenvalue weighted by Crippen LogP contribution is 2.28. The van der Waals surface area contributed by atoms with Crippen LogP contribution in [0.4, 0.5) is 11.4 Å². The van der Waals surface area contributed by atoms with Crippen molar-refractivity contribution < 1.29 is 9.72 Å². The Labute approximate surface area is 149 Å². The minimum Gasteiger partial charge on any atom is -0.377 e. The molecule has 1 amide bonds. The molecule has 1 fully saturated rings. The average molecular weight is 431 g/mol. The first kappa shape index (κ1) is 18.0. The Bertz CT molecular complexity index is 584. The zero-order valence-electron chi connectivity index (χ0n) is 13.4. The molecular weight excluding hydrogens is 409 g/mol.